The number of hydrogen-bond donors (Lipinski definition) is 1. The molecule has 0 aromatic heterocycles. The summed E-state index contributed by atoms with van der Waals surface area (Å²) in [5, 5.41) is 3.21. The minimum atomic E-state index is -0.711. The van der Waals surface area contributed by atoms with E-state index in [1.54, 1.807) is 6.26 Å². The predicted molar refractivity (Wildman–Crippen MR) is 46.2 cm³/mol. The maximum absolute atomic E-state index is 10.6. The molecule has 66 valence electrons. The molecular weight excluding hydrogens is 162 g/mol. The Balaban J connectivity index is 1.98. The highest BCUT2D eigenvalue weighted by Gasteiger charge is 2.13. The first-order valence-corrected chi connectivity index (χ1v) is 5.64. The molecule has 0 aromatic rings. The second kappa shape index (κ2) is 4.85. The Morgan fingerprint density at radius 2 is 2.55 bits per heavy atom. The standard InChI is InChI=1S/C7H15NO2S/c1-11(9)5-4-10-7-2-3-8-6-7/h7-8H,2-6H2,1H3. The van der Waals surface area contributed by atoms with E-state index < -0.39 is 10.8 Å². The Hall–Kier alpha value is 0.0700. The Morgan fingerprint density at radius 1 is 1.73 bits per heavy atom. The van der Waals surface area contributed by atoms with E-state index >= 15 is 0 Å². The highest BCUT2D eigenvalue weighted by Crippen LogP contribution is 2.02. The molecule has 1 heterocycles. The van der Waals surface area contributed by atoms with E-state index in [-0.39, 0.29) is 0 Å². The molecule has 0 amide bonds. The number of ether oxygens (including phenoxy) is 1. The molecule has 1 saturated heterocycles. The van der Waals surface area contributed by atoms with E-state index in [0.29, 0.717) is 18.5 Å². The van der Waals surface area contributed by atoms with Crippen LogP contribution in [0.5, 0.6) is 0 Å². The summed E-state index contributed by atoms with van der Waals surface area (Å²) in [5.41, 5.74) is 0. The van der Waals surface area contributed by atoms with Crippen molar-refractivity contribution in [1.82, 2.24) is 5.32 Å². The Kier molecular flexibility index (Phi) is 4.04. The molecule has 1 fully saturated rings. The van der Waals surface area contributed by atoms with Crippen LogP contribution in [-0.4, -0.2) is 42.0 Å². The molecule has 0 aromatic carbocycles. The summed E-state index contributed by atoms with van der Waals surface area (Å²) in [6.45, 7) is 2.64. The molecule has 0 bridgehead atoms. The number of hydrogen-bond acceptors (Lipinski definition) is 3. The highest BCUT2D eigenvalue weighted by molar-refractivity contribution is 7.84. The minimum absolute atomic E-state index is 0.360. The maximum Gasteiger partial charge on any atom is 0.0711 e. The summed E-state index contributed by atoms with van der Waals surface area (Å²) in [6.07, 6.45) is 3.16. The van der Waals surface area contributed by atoms with Gasteiger partial charge in [0.25, 0.3) is 0 Å². The molecule has 1 rings (SSSR count). The van der Waals surface area contributed by atoms with E-state index in [9.17, 15) is 4.21 Å². The van der Waals surface area contributed by atoms with Crippen LogP contribution in [0.3, 0.4) is 0 Å². The van der Waals surface area contributed by atoms with E-state index in [0.717, 1.165) is 19.5 Å². The van der Waals surface area contributed by atoms with Crippen LogP contribution in [0.1, 0.15) is 6.42 Å². The molecule has 1 aliphatic rings. The lowest BCUT2D eigenvalue weighted by molar-refractivity contribution is 0.0792. The van der Waals surface area contributed by atoms with Crippen LogP contribution in [0.15, 0.2) is 0 Å². The van der Waals surface area contributed by atoms with Crippen molar-refractivity contribution in [1.29, 1.82) is 0 Å². The summed E-state index contributed by atoms with van der Waals surface area (Å²) < 4.78 is 16.1. The highest BCUT2D eigenvalue weighted by atomic mass is 32.2. The molecular formula is C7H15NO2S. The van der Waals surface area contributed by atoms with Crippen molar-refractivity contribution in [3.63, 3.8) is 0 Å². The first kappa shape index (κ1) is 9.16. The van der Waals surface area contributed by atoms with Gasteiger partial charge in [-0.1, -0.05) is 0 Å². The van der Waals surface area contributed by atoms with Gasteiger partial charge in [-0.15, -0.1) is 0 Å². The smallest absolute Gasteiger partial charge is 0.0711 e. The van der Waals surface area contributed by atoms with E-state index in [2.05, 4.69) is 5.32 Å². The van der Waals surface area contributed by atoms with Crippen molar-refractivity contribution in [2.75, 3.05) is 31.7 Å². The fraction of sp³-hybridized carbons (Fsp3) is 1.00. The first-order valence-electron chi connectivity index (χ1n) is 3.91. The quantitative estimate of drug-likeness (QED) is 0.643. The van der Waals surface area contributed by atoms with Gasteiger partial charge in [-0.25, -0.2) is 0 Å². The normalized spacial score (nSPS) is 27.2. The molecule has 4 heteroatoms. The van der Waals surface area contributed by atoms with E-state index in [1.165, 1.54) is 0 Å². The molecule has 2 atom stereocenters. The average molecular weight is 177 g/mol. The third-order valence-corrected chi connectivity index (χ3v) is 2.48. The van der Waals surface area contributed by atoms with Crippen molar-refractivity contribution >= 4 is 10.8 Å². The van der Waals surface area contributed by atoms with Gasteiger partial charge in [0.05, 0.1) is 12.7 Å². The van der Waals surface area contributed by atoms with Crippen LogP contribution in [-0.2, 0) is 15.5 Å². The summed E-state index contributed by atoms with van der Waals surface area (Å²) in [5.74, 6) is 0.663. The van der Waals surface area contributed by atoms with Crippen molar-refractivity contribution in [3.05, 3.63) is 0 Å². The molecule has 0 saturated carbocycles. The zero-order chi connectivity index (χ0) is 8.10. The first-order chi connectivity index (χ1) is 5.29. The van der Waals surface area contributed by atoms with Gasteiger partial charge >= 0.3 is 0 Å². The van der Waals surface area contributed by atoms with Crippen molar-refractivity contribution in [2.24, 2.45) is 0 Å². The summed E-state index contributed by atoms with van der Waals surface area (Å²) in [6, 6.07) is 0. The van der Waals surface area contributed by atoms with Crippen LogP contribution in [0.25, 0.3) is 0 Å². The monoisotopic (exact) mass is 177 g/mol. The summed E-state index contributed by atoms with van der Waals surface area (Å²) in [4.78, 5) is 0. The van der Waals surface area contributed by atoms with Gasteiger partial charge in [0.1, 0.15) is 0 Å². The molecule has 1 N–H and O–H groups in total. The summed E-state index contributed by atoms with van der Waals surface area (Å²) in [7, 11) is -0.711. The average Bonchev–Trinajstić information content (AvgIpc) is 2.39. The Bertz CT molecular complexity index is 134. The van der Waals surface area contributed by atoms with Crippen LogP contribution >= 0.6 is 0 Å². The van der Waals surface area contributed by atoms with Crippen LogP contribution in [0.4, 0.5) is 0 Å². The third-order valence-electron chi connectivity index (χ3n) is 1.74. The molecule has 3 nitrogen and oxygen atoms in total. The van der Waals surface area contributed by atoms with Crippen LogP contribution in [0, 0.1) is 0 Å². The van der Waals surface area contributed by atoms with Gasteiger partial charge in [0.15, 0.2) is 0 Å². The van der Waals surface area contributed by atoms with Gasteiger partial charge in [-0.2, -0.15) is 0 Å². The maximum atomic E-state index is 10.6. The molecule has 11 heavy (non-hydrogen) atoms. The van der Waals surface area contributed by atoms with Crippen molar-refractivity contribution in [3.8, 4) is 0 Å². The van der Waals surface area contributed by atoms with Gasteiger partial charge in [0.2, 0.25) is 0 Å². The lowest BCUT2D eigenvalue weighted by Gasteiger charge is -2.08. The number of rotatable bonds is 4. The van der Waals surface area contributed by atoms with Crippen molar-refractivity contribution in [2.45, 2.75) is 12.5 Å². The fourth-order valence-corrected chi connectivity index (χ4v) is 1.43. The fourth-order valence-electron chi connectivity index (χ4n) is 1.10. The lowest BCUT2D eigenvalue weighted by Crippen LogP contribution is -2.19. The summed E-state index contributed by atoms with van der Waals surface area (Å²) >= 11 is 0. The van der Waals surface area contributed by atoms with Crippen LogP contribution < -0.4 is 5.32 Å². The molecule has 1 aliphatic heterocycles. The number of nitrogens with one attached hydrogen (secondary N) is 1. The SMILES string of the molecule is CS(=O)CCOC1CCNC1. The largest absolute Gasteiger partial charge is 0.376 e. The minimum Gasteiger partial charge on any atom is -0.376 e. The predicted octanol–water partition coefficient (Wildman–Crippen LogP) is -0.257. The zero-order valence-electron chi connectivity index (χ0n) is 6.84. The van der Waals surface area contributed by atoms with Gasteiger partial charge in [-0.05, 0) is 13.0 Å². The topological polar surface area (TPSA) is 38.3 Å². The molecule has 2 unspecified atom stereocenters. The van der Waals surface area contributed by atoms with Crippen LogP contribution in [0.2, 0.25) is 0 Å². The third kappa shape index (κ3) is 3.84. The van der Waals surface area contributed by atoms with E-state index in [1.807, 2.05) is 0 Å². The van der Waals surface area contributed by atoms with E-state index in [4.69, 9.17) is 4.74 Å². The molecule has 0 spiro atoms. The Labute approximate surface area is 70.0 Å². The van der Waals surface area contributed by atoms with Crippen molar-refractivity contribution < 1.29 is 8.95 Å². The molecule has 0 radical (unpaired) electrons. The van der Waals surface area contributed by atoms with Gasteiger partial charge in [0, 0.05) is 29.4 Å². The lowest BCUT2D eigenvalue weighted by atomic mass is 10.3. The zero-order valence-corrected chi connectivity index (χ0v) is 7.65. The Morgan fingerprint density at radius 3 is 3.09 bits per heavy atom. The second-order valence-electron chi connectivity index (χ2n) is 2.76. The van der Waals surface area contributed by atoms with Gasteiger partial charge < -0.3 is 10.1 Å². The van der Waals surface area contributed by atoms with Gasteiger partial charge in [-0.3, -0.25) is 4.21 Å². The second-order valence-corrected chi connectivity index (χ2v) is 4.32. The molecule has 0 aliphatic carbocycles.